The lowest BCUT2D eigenvalue weighted by Crippen LogP contribution is -2.44. The maximum Gasteiger partial charge on any atom is 0.231 e. The quantitative estimate of drug-likeness (QED) is 0.621. The number of nitrogens with one attached hydrogen (secondary N) is 2. The zero-order valence-corrected chi connectivity index (χ0v) is 17.0. The van der Waals surface area contributed by atoms with Gasteiger partial charge in [-0.05, 0) is 61.4 Å². The Morgan fingerprint density at radius 3 is 2.90 bits per heavy atom. The lowest BCUT2D eigenvalue weighted by molar-refractivity contribution is -0.122. The smallest absolute Gasteiger partial charge is 0.231 e. The van der Waals surface area contributed by atoms with Gasteiger partial charge in [-0.1, -0.05) is 12.1 Å². The number of fused-ring (bicyclic) bond motifs is 1. The highest BCUT2D eigenvalue weighted by atomic mass is 16.7. The van der Waals surface area contributed by atoms with Gasteiger partial charge < -0.3 is 20.1 Å². The van der Waals surface area contributed by atoms with Gasteiger partial charge >= 0.3 is 0 Å². The fraction of sp³-hybridized carbons (Fsp3) is 0.435. The van der Waals surface area contributed by atoms with E-state index in [-0.39, 0.29) is 18.6 Å². The fourth-order valence-corrected chi connectivity index (χ4v) is 4.13. The van der Waals surface area contributed by atoms with Crippen molar-refractivity contribution in [2.45, 2.75) is 50.5 Å². The van der Waals surface area contributed by atoms with Crippen molar-refractivity contribution in [1.82, 2.24) is 15.6 Å². The Morgan fingerprint density at radius 2 is 2.10 bits per heavy atom. The third-order valence-corrected chi connectivity index (χ3v) is 5.73. The van der Waals surface area contributed by atoms with E-state index in [4.69, 9.17) is 9.47 Å². The first kappa shape index (κ1) is 20.2. The van der Waals surface area contributed by atoms with Gasteiger partial charge in [0.05, 0.1) is 0 Å². The van der Waals surface area contributed by atoms with Gasteiger partial charge in [-0.25, -0.2) is 0 Å². The van der Waals surface area contributed by atoms with E-state index in [1.54, 1.807) is 6.20 Å². The molecule has 2 aliphatic rings. The Kier molecular flexibility index (Phi) is 6.16. The van der Waals surface area contributed by atoms with Gasteiger partial charge in [-0.3, -0.25) is 14.6 Å². The van der Waals surface area contributed by atoms with Crippen LogP contribution in [-0.2, 0) is 22.4 Å². The summed E-state index contributed by atoms with van der Waals surface area (Å²) in [7, 11) is 0. The van der Waals surface area contributed by atoms with Gasteiger partial charge in [-0.15, -0.1) is 0 Å². The average Bonchev–Trinajstić information content (AvgIpc) is 3.37. The maximum absolute atomic E-state index is 12.4. The summed E-state index contributed by atoms with van der Waals surface area (Å²) in [4.78, 5) is 28.4. The summed E-state index contributed by atoms with van der Waals surface area (Å²) < 4.78 is 10.8. The van der Waals surface area contributed by atoms with E-state index in [1.165, 1.54) is 5.56 Å². The van der Waals surface area contributed by atoms with Gasteiger partial charge in [0.15, 0.2) is 11.5 Å². The maximum atomic E-state index is 12.4. The highest BCUT2D eigenvalue weighted by Gasteiger charge is 2.38. The first-order valence-electron chi connectivity index (χ1n) is 10.5. The zero-order valence-electron chi connectivity index (χ0n) is 17.0. The number of aryl methyl sites for hydroxylation is 1. The molecule has 1 aromatic carbocycles. The summed E-state index contributed by atoms with van der Waals surface area (Å²) in [5.74, 6) is 1.55. The molecule has 0 bridgehead atoms. The first-order chi connectivity index (χ1) is 14.6. The van der Waals surface area contributed by atoms with Crippen LogP contribution in [0.5, 0.6) is 11.5 Å². The number of pyridine rings is 1. The zero-order chi connectivity index (χ0) is 20.8. The number of carbonyl (C=O) groups is 2. The van der Waals surface area contributed by atoms with Crippen molar-refractivity contribution < 1.29 is 19.1 Å². The molecule has 0 saturated carbocycles. The highest BCUT2D eigenvalue weighted by Crippen LogP contribution is 2.35. The van der Waals surface area contributed by atoms with Crippen LogP contribution in [0.25, 0.3) is 0 Å². The molecule has 30 heavy (non-hydrogen) atoms. The van der Waals surface area contributed by atoms with Gasteiger partial charge in [-0.2, -0.15) is 0 Å². The number of ether oxygens (including phenoxy) is 2. The molecule has 0 radical (unpaired) electrons. The summed E-state index contributed by atoms with van der Waals surface area (Å²) in [5.41, 5.74) is 1.85. The molecule has 1 aromatic heterocycles. The van der Waals surface area contributed by atoms with Crippen LogP contribution in [0.2, 0.25) is 0 Å². The summed E-state index contributed by atoms with van der Waals surface area (Å²) in [5, 5.41) is 6.12. The lowest BCUT2D eigenvalue weighted by Gasteiger charge is -2.29. The number of rotatable bonds is 9. The van der Waals surface area contributed by atoms with Crippen molar-refractivity contribution >= 4 is 11.8 Å². The largest absolute Gasteiger partial charge is 0.454 e. The summed E-state index contributed by atoms with van der Waals surface area (Å²) in [6.07, 6.45) is 8.26. The third kappa shape index (κ3) is 5.09. The summed E-state index contributed by atoms with van der Waals surface area (Å²) in [6.45, 7) is 0.872. The molecule has 2 aromatic rings. The number of carbonyl (C=O) groups excluding carboxylic acids is 2. The molecule has 3 heterocycles. The van der Waals surface area contributed by atoms with Crippen molar-refractivity contribution in [2.24, 2.45) is 0 Å². The minimum absolute atomic E-state index is 0.0207. The molecule has 0 unspecified atom stereocenters. The molecule has 158 valence electrons. The molecule has 7 heteroatoms. The topological polar surface area (TPSA) is 89.5 Å². The van der Waals surface area contributed by atoms with E-state index in [0.717, 1.165) is 36.3 Å². The van der Waals surface area contributed by atoms with Crippen LogP contribution in [0, 0.1) is 0 Å². The van der Waals surface area contributed by atoms with Crippen molar-refractivity contribution in [1.29, 1.82) is 0 Å². The predicted molar refractivity (Wildman–Crippen MR) is 111 cm³/mol. The number of hydrogen-bond acceptors (Lipinski definition) is 5. The minimum Gasteiger partial charge on any atom is -0.454 e. The Morgan fingerprint density at radius 1 is 1.20 bits per heavy atom. The van der Waals surface area contributed by atoms with Gasteiger partial charge in [0.1, 0.15) is 0 Å². The highest BCUT2D eigenvalue weighted by molar-refractivity contribution is 5.80. The van der Waals surface area contributed by atoms with E-state index >= 15 is 0 Å². The molecule has 7 nitrogen and oxygen atoms in total. The molecule has 4 rings (SSSR count). The van der Waals surface area contributed by atoms with Crippen molar-refractivity contribution in [3.8, 4) is 11.5 Å². The summed E-state index contributed by atoms with van der Waals surface area (Å²) in [6, 6.07) is 9.82. The Labute approximate surface area is 176 Å². The second-order valence-corrected chi connectivity index (χ2v) is 8.01. The van der Waals surface area contributed by atoms with Crippen molar-refractivity contribution in [2.75, 3.05) is 13.3 Å². The van der Waals surface area contributed by atoms with Crippen molar-refractivity contribution in [3.63, 3.8) is 0 Å². The van der Waals surface area contributed by atoms with Crippen LogP contribution < -0.4 is 20.1 Å². The molecule has 1 fully saturated rings. The first-order valence-corrected chi connectivity index (χ1v) is 10.5. The van der Waals surface area contributed by atoms with E-state index in [0.29, 0.717) is 32.2 Å². The van der Waals surface area contributed by atoms with Crippen LogP contribution in [-0.4, -0.2) is 35.7 Å². The molecule has 0 aliphatic carbocycles. The number of hydrogen-bond donors (Lipinski definition) is 2. The monoisotopic (exact) mass is 409 g/mol. The molecule has 2 amide bonds. The van der Waals surface area contributed by atoms with E-state index < -0.39 is 5.54 Å². The molecule has 1 saturated heterocycles. The third-order valence-electron chi connectivity index (χ3n) is 5.73. The number of aromatic nitrogens is 1. The molecule has 2 N–H and O–H groups in total. The number of amides is 2. The average molecular weight is 409 g/mol. The summed E-state index contributed by atoms with van der Waals surface area (Å²) >= 11 is 0. The second kappa shape index (κ2) is 9.15. The molecular weight excluding hydrogens is 382 g/mol. The van der Waals surface area contributed by atoms with E-state index in [9.17, 15) is 9.59 Å². The van der Waals surface area contributed by atoms with Crippen LogP contribution in [0.15, 0.2) is 42.7 Å². The van der Waals surface area contributed by atoms with E-state index in [2.05, 4.69) is 15.6 Å². The Bertz CT molecular complexity index is 903. The van der Waals surface area contributed by atoms with Crippen LogP contribution in [0.3, 0.4) is 0 Å². The SMILES string of the molecule is O=C(CC[C@]1(Cc2ccc3c(c2)OCO3)CCC(=O)N1)NCCCc1cccnc1. The number of benzene rings is 1. The Balaban J connectivity index is 1.27. The number of nitrogens with zero attached hydrogens (tertiary/aromatic N) is 1. The second-order valence-electron chi connectivity index (χ2n) is 8.01. The molecule has 2 aliphatic heterocycles. The normalized spacial score (nSPS) is 19.5. The lowest BCUT2D eigenvalue weighted by atomic mass is 9.85. The molecule has 0 spiro atoms. The van der Waals surface area contributed by atoms with Crippen LogP contribution in [0.1, 0.15) is 43.2 Å². The van der Waals surface area contributed by atoms with E-state index in [1.807, 2.05) is 36.5 Å². The van der Waals surface area contributed by atoms with Gasteiger partial charge in [0, 0.05) is 37.3 Å². The van der Waals surface area contributed by atoms with Crippen molar-refractivity contribution in [3.05, 3.63) is 53.9 Å². The van der Waals surface area contributed by atoms with Crippen LogP contribution in [0.4, 0.5) is 0 Å². The standard InChI is InChI=1S/C23H27N3O4/c27-21(25-12-2-4-17-3-1-11-24-15-17)7-9-23(10-8-22(28)26-23)14-18-5-6-19-20(13-18)30-16-29-19/h1,3,5-6,11,13,15H,2,4,7-10,12,14,16H2,(H,25,27)(H,26,28)/t23-/m1/s1. The van der Waals surface area contributed by atoms with Crippen LogP contribution >= 0.6 is 0 Å². The Hall–Kier alpha value is -3.09. The fourth-order valence-electron chi connectivity index (χ4n) is 4.13. The van der Waals surface area contributed by atoms with Gasteiger partial charge in [0.2, 0.25) is 18.6 Å². The minimum atomic E-state index is -0.391. The van der Waals surface area contributed by atoms with Gasteiger partial charge in [0.25, 0.3) is 0 Å². The molecular formula is C23H27N3O4. The predicted octanol–water partition coefficient (Wildman–Crippen LogP) is 2.53. The molecule has 1 atom stereocenters.